The Morgan fingerprint density at radius 3 is 2.72 bits per heavy atom. The van der Waals surface area contributed by atoms with E-state index in [4.69, 9.17) is 16.0 Å². The van der Waals surface area contributed by atoms with Crippen molar-refractivity contribution in [1.82, 2.24) is 10.2 Å². The van der Waals surface area contributed by atoms with Crippen molar-refractivity contribution in [3.8, 4) is 11.5 Å². The molecule has 0 atom stereocenters. The molecule has 0 aliphatic heterocycles. The Hall–Kier alpha value is -2.18. The minimum Gasteiger partial charge on any atom is -0.411 e. The van der Waals surface area contributed by atoms with Crippen LogP contribution in [0.25, 0.3) is 11.5 Å². The first-order chi connectivity index (χ1) is 12.1. The van der Waals surface area contributed by atoms with E-state index in [0.717, 1.165) is 5.56 Å². The van der Waals surface area contributed by atoms with Crippen molar-refractivity contribution >= 4 is 29.1 Å². The Kier molecular flexibility index (Phi) is 5.83. The molecule has 3 rings (SSSR count). The van der Waals surface area contributed by atoms with Gasteiger partial charge in [0.05, 0.1) is 0 Å². The quantitative estimate of drug-likeness (QED) is 0.319. The fourth-order valence-electron chi connectivity index (χ4n) is 2.18. The number of halogens is 2. The fraction of sp³-hybridized carbons (Fsp3) is 0.167. The first-order valence-corrected chi connectivity index (χ1v) is 8.99. The Bertz CT molecular complexity index is 868. The van der Waals surface area contributed by atoms with Crippen LogP contribution >= 0.6 is 23.4 Å². The molecule has 7 heteroatoms. The number of thioether (sulfide) groups is 1. The molecule has 0 bridgehead atoms. The second kappa shape index (κ2) is 8.27. The normalized spacial score (nSPS) is 10.8. The number of hydrogen-bond acceptors (Lipinski definition) is 5. The van der Waals surface area contributed by atoms with Gasteiger partial charge in [0.2, 0.25) is 5.89 Å². The van der Waals surface area contributed by atoms with Gasteiger partial charge in [0.1, 0.15) is 5.82 Å². The number of nitrogens with zero attached hydrogens (tertiary/aromatic N) is 2. The first kappa shape index (κ1) is 17.6. The SMILES string of the molecule is O=C(CCCSc1nnc(-c2cccc(Cl)c2)o1)c1ccc(F)cc1. The van der Waals surface area contributed by atoms with Crippen LogP contribution in [0.3, 0.4) is 0 Å². The van der Waals surface area contributed by atoms with Gasteiger partial charge in [-0.25, -0.2) is 4.39 Å². The molecule has 25 heavy (non-hydrogen) atoms. The van der Waals surface area contributed by atoms with E-state index < -0.39 is 0 Å². The van der Waals surface area contributed by atoms with E-state index in [1.54, 1.807) is 12.1 Å². The van der Waals surface area contributed by atoms with Crippen LogP contribution in [0.2, 0.25) is 5.02 Å². The van der Waals surface area contributed by atoms with Crippen molar-refractivity contribution in [1.29, 1.82) is 0 Å². The fourth-order valence-corrected chi connectivity index (χ4v) is 3.07. The Morgan fingerprint density at radius 1 is 1.16 bits per heavy atom. The van der Waals surface area contributed by atoms with Gasteiger partial charge in [-0.05, 0) is 48.9 Å². The van der Waals surface area contributed by atoms with Crippen molar-refractivity contribution in [2.24, 2.45) is 0 Å². The van der Waals surface area contributed by atoms with Gasteiger partial charge in [0.15, 0.2) is 5.78 Å². The average Bonchev–Trinajstić information content (AvgIpc) is 3.08. The van der Waals surface area contributed by atoms with Gasteiger partial charge in [0.25, 0.3) is 5.22 Å². The molecule has 128 valence electrons. The van der Waals surface area contributed by atoms with Gasteiger partial charge in [-0.2, -0.15) is 0 Å². The second-order valence-electron chi connectivity index (χ2n) is 5.27. The van der Waals surface area contributed by atoms with Crippen LogP contribution in [-0.2, 0) is 0 Å². The Morgan fingerprint density at radius 2 is 1.96 bits per heavy atom. The van der Waals surface area contributed by atoms with Crippen molar-refractivity contribution in [3.63, 3.8) is 0 Å². The third-order valence-corrected chi connectivity index (χ3v) is 4.56. The highest BCUT2D eigenvalue weighted by Crippen LogP contribution is 2.25. The van der Waals surface area contributed by atoms with E-state index in [1.165, 1.54) is 36.0 Å². The van der Waals surface area contributed by atoms with Gasteiger partial charge in [0, 0.05) is 28.3 Å². The predicted molar refractivity (Wildman–Crippen MR) is 95.4 cm³/mol. The molecule has 0 radical (unpaired) electrons. The van der Waals surface area contributed by atoms with Gasteiger partial charge >= 0.3 is 0 Å². The minimum atomic E-state index is -0.348. The molecule has 0 fully saturated rings. The molecule has 0 saturated heterocycles. The van der Waals surface area contributed by atoms with Crippen LogP contribution in [0.4, 0.5) is 4.39 Å². The van der Waals surface area contributed by atoms with Crippen LogP contribution in [-0.4, -0.2) is 21.7 Å². The molecule has 0 N–H and O–H groups in total. The Labute approximate surface area is 153 Å². The minimum absolute atomic E-state index is 0.00857. The molecule has 1 heterocycles. The number of carbonyl (C=O) groups is 1. The van der Waals surface area contributed by atoms with E-state index in [0.29, 0.717) is 40.3 Å². The van der Waals surface area contributed by atoms with E-state index >= 15 is 0 Å². The monoisotopic (exact) mass is 376 g/mol. The van der Waals surface area contributed by atoms with Gasteiger partial charge in [-0.1, -0.05) is 29.4 Å². The second-order valence-corrected chi connectivity index (χ2v) is 6.75. The van der Waals surface area contributed by atoms with Gasteiger partial charge in [-0.15, -0.1) is 10.2 Å². The largest absolute Gasteiger partial charge is 0.411 e. The lowest BCUT2D eigenvalue weighted by molar-refractivity contribution is 0.0982. The zero-order valence-electron chi connectivity index (χ0n) is 13.1. The maximum atomic E-state index is 12.8. The Balaban J connectivity index is 1.48. The van der Waals surface area contributed by atoms with E-state index in [2.05, 4.69) is 10.2 Å². The molecule has 2 aromatic carbocycles. The highest BCUT2D eigenvalue weighted by molar-refractivity contribution is 7.99. The molecule has 0 saturated carbocycles. The zero-order valence-corrected chi connectivity index (χ0v) is 14.7. The number of Topliss-reactive ketones (excluding diaryl/α,β-unsaturated/α-hetero) is 1. The topological polar surface area (TPSA) is 56.0 Å². The maximum Gasteiger partial charge on any atom is 0.276 e. The highest BCUT2D eigenvalue weighted by atomic mass is 35.5. The number of benzene rings is 2. The maximum absolute atomic E-state index is 12.8. The van der Waals surface area contributed by atoms with Crippen LogP contribution in [0.1, 0.15) is 23.2 Å². The summed E-state index contributed by atoms with van der Waals surface area (Å²) in [6, 6.07) is 12.8. The van der Waals surface area contributed by atoms with E-state index in [1.807, 2.05) is 12.1 Å². The van der Waals surface area contributed by atoms with Crippen molar-refractivity contribution in [3.05, 3.63) is 64.9 Å². The standard InChI is InChI=1S/C18H14ClFN2O2S/c19-14-4-1-3-13(11-14)17-21-22-18(24-17)25-10-2-5-16(23)12-6-8-15(20)9-7-12/h1,3-4,6-9,11H,2,5,10H2. The number of ketones is 1. The third kappa shape index (κ3) is 4.90. The molecule has 1 aromatic heterocycles. The van der Waals surface area contributed by atoms with Gasteiger partial charge < -0.3 is 4.42 Å². The molecule has 3 aromatic rings. The smallest absolute Gasteiger partial charge is 0.276 e. The van der Waals surface area contributed by atoms with E-state index in [-0.39, 0.29) is 11.6 Å². The molecule has 4 nitrogen and oxygen atoms in total. The molecular formula is C18H14ClFN2O2S. The summed E-state index contributed by atoms with van der Waals surface area (Å²) in [5.41, 5.74) is 1.28. The van der Waals surface area contributed by atoms with Crippen LogP contribution in [0, 0.1) is 5.82 Å². The van der Waals surface area contributed by atoms with Crippen molar-refractivity contribution < 1.29 is 13.6 Å². The summed E-state index contributed by atoms with van der Waals surface area (Å²) in [5, 5.41) is 9.03. The number of aromatic nitrogens is 2. The molecule has 0 amide bonds. The van der Waals surface area contributed by atoms with Crippen LogP contribution < -0.4 is 0 Å². The average molecular weight is 377 g/mol. The first-order valence-electron chi connectivity index (χ1n) is 7.63. The lowest BCUT2D eigenvalue weighted by Crippen LogP contribution is -1.99. The summed E-state index contributed by atoms with van der Waals surface area (Å²) < 4.78 is 18.4. The molecule has 0 aliphatic rings. The molecule has 0 unspecified atom stereocenters. The van der Waals surface area contributed by atoms with Gasteiger partial charge in [-0.3, -0.25) is 4.79 Å². The number of hydrogen-bond donors (Lipinski definition) is 0. The summed E-state index contributed by atoms with van der Waals surface area (Å²) >= 11 is 7.34. The summed E-state index contributed by atoms with van der Waals surface area (Å²) in [7, 11) is 0. The van der Waals surface area contributed by atoms with Crippen LogP contribution in [0.15, 0.2) is 58.2 Å². The summed E-state index contributed by atoms with van der Waals surface area (Å²) in [5.74, 6) is 0.724. The highest BCUT2D eigenvalue weighted by Gasteiger charge is 2.10. The molecule has 0 spiro atoms. The van der Waals surface area contributed by atoms with Crippen LogP contribution in [0.5, 0.6) is 0 Å². The van der Waals surface area contributed by atoms with E-state index in [9.17, 15) is 9.18 Å². The lowest BCUT2D eigenvalue weighted by atomic mass is 10.1. The molecule has 0 aliphatic carbocycles. The predicted octanol–water partition coefficient (Wildman–Crippen LogP) is 5.28. The third-order valence-electron chi connectivity index (χ3n) is 3.42. The number of rotatable bonds is 7. The lowest BCUT2D eigenvalue weighted by Gasteiger charge is -2.00. The summed E-state index contributed by atoms with van der Waals surface area (Å²) in [6.07, 6.45) is 1.05. The molecular weight excluding hydrogens is 363 g/mol. The summed E-state index contributed by atoms with van der Waals surface area (Å²) in [4.78, 5) is 12.0. The van der Waals surface area contributed by atoms with Crippen molar-refractivity contribution in [2.45, 2.75) is 18.1 Å². The zero-order chi connectivity index (χ0) is 17.6. The van der Waals surface area contributed by atoms with Crippen molar-refractivity contribution in [2.75, 3.05) is 5.75 Å². The number of carbonyl (C=O) groups excluding carboxylic acids is 1. The summed E-state index contributed by atoms with van der Waals surface area (Å²) in [6.45, 7) is 0.